The SMILES string of the molecule is COCc1cccc(Oc2nccc(C#N)c2N)c1. The summed E-state index contributed by atoms with van der Waals surface area (Å²) in [6.45, 7) is 0.498. The molecule has 2 N–H and O–H groups in total. The molecule has 1 aromatic heterocycles. The highest BCUT2D eigenvalue weighted by Gasteiger charge is 2.08. The van der Waals surface area contributed by atoms with E-state index >= 15 is 0 Å². The van der Waals surface area contributed by atoms with E-state index in [4.69, 9.17) is 20.5 Å². The second-order valence-corrected chi connectivity index (χ2v) is 3.87. The maximum Gasteiger partial charge on any atom is 0.244 e. The van der Waals surface area contributed by atoms with Crippen LogP contribution in [0, 0.1) is 11.3 Å². The molecule has 1 aromatic carbocycles. The first-order valence-corrected chi connectivity index (χ1v) is 5.65. The maximum atomic E-state index is 8.89. The summed E-state index contributed by atoms with van der Waals surface area (Å²) in [5, 5.41) is 8.89. The van der Waals surface area contributed by atoms with Crippen molar-refractivity contribution in [2.24, 2.45) is 0 Å². The Morgan fingerprint density at radius 3 is 2.95 bits per heavy atom. The van der Waals surface area contributed by atoms with Gasteiger partial charge in [0.25, 0.3) is 0 Å². The van der Waals surface area contributed by atoms with Crippen LogP contribution in [-0.2, 0) is 11.3 Å². The fraction of sp³-hybridized carbons (Fsp3) is 0.143. The molecule has 0 aliphatic rings. The first kappa shape index (κ1) is 12.9. The number of methoxy groups -OCH3 is 1. The van der Waals surface area contributed by atoms with E-state index < -0.39 is 0 Å². The lowest BCUT2D eigenvalue weighted by Crippen LogP contribution is -1.98. The van der Waals surface area contributed by atoms with Crippen molar-refractivity contribution in [3.05, 3.63) is 47.7 Å². The second kappa shape index (κ2) is 5.85. The van der Waals surface area contributed by atoms with Gasteiger partial charge in [0.2, 0.25) is 5.88 Å². The van der Waals surface area contributed by atoms with E-state index in [1.807, 2.05) is 24.3 Å². The summed E-state index contributed by atoms with van der Waals surface area (Å²) < 4.78 is 10.7. The molecule has 2 rings (SSSR count). The number of benzene rings is 1. The summed E-state index contributed by atoms with van der Waals surface area (Å²) in [5.41, 5.74) is 7.37. The predicted molar refractivity (Wildman–Crippen MR) is 70.6 cm³/mol. The lowest BCUT2D eigenvalue weighted by atomic mass is 10.2. The van der Waals surface area contributed by atoms with Crippen LogP contribution in [0.15, 0.2) is 36.5 Å². The van der Waals surface area contributed by atoms with Gasteiger partial charge in [-0.1, -0.05) is 12.1 Å². The molecular formula is C14H13N3O2. The van der Waals surface area contributed by atoms with Crippen molar-refractivity contribution in [3.8, 4) is 17.7 Å². The zero-order valence-electron chi connectivity index (χ0n) is 10.5. The van der Waals surface area contributed by atoms with Crippen LogP contribution in [0.2, 0.25) is 0 Å². The van der Waals surface area contributed by atoms with Crippen LogP contribution < -0.4 is 10.5 Å². The Morgan fingerprint density at radius 2 is 2.21 bits per heavy atom. The molecule has 2 aromatic rings. The monoisotopic (exact) mass is 255 g/mol. The van der Waals surface area contributed by atoms with Gasteiger partial charge in [0.1, 0.15) is 17.5 Å². The van der Waals surface area contributed by atoms with Crippen LogP contribution in [0.25, 0.3) is 0 Å². The molecule has 0 fully saturated rings. The molecule has 0 saturated carbocycles. The van der Waals surface area contributed by atoms with Gasteiger partial charge in [0.05, 0.1) is 12.2 Å². The molecule has 1 heterocycles. The standard InChI is InChI=1S/C14H13N3O2/c1-18-9-10-3-2-4-12(7-10)19-14-13(16)11(8-15)5-6-17-14/h2-7H,9,16H2,1H3. The molecular weight excluding hydrogens is 242 g/mol. The lowest BCUT2D eigenvalue weighted by Gasteiger charge is -2.09. The fourth-order valence-electron chi connectivity index (χ4n) is 1.61. The average molecular weight is 255 g/mol. The maximum absolute atomic E-state index is 8.89. The number of nitrogen functional groups attached to an aromatic ring is 1. The largest absolute Gasteiger partial charge is 0.437 e. The van der Waals surface area contributed by atoms with Crippen LogP contribution in [0.1, 0.15) is 11.1 Å². The number of nitriles is 1. The third-order valence-corrected chi connectivity index (χ3v) is 2.50. The van der Waals surface area contributed by atoms with E-state index in [2.05, 4.69) is 4.98 Å². The lowest BCUT2D eigenvalue weighted by molar-refractivity contribution is 0.184. The Morgan fingerprint density at radius 1 is 1.37 bits per heavy atom. The van der Waals surface area contributed by atoms with Gasteiger partial charge in [-0.15, -0.1) is 0 Å². The van der Waals surface area contributed by atoms with Crippen molar-refractivity contribution in [3.63, 3.8) is 0 Å². The van der Waals surface area contributed by atoms with Crippen LogP contribution in [-0.4, -0.2) is 12.1 Å². The number of pyridine rings is 1. The van der Waals surface area contributed by atoms with Crippen LogP contribution >= 0.6 is 0 Å². The van der Waals surface area contributed by atoms with E-state index in [-0.39, 0.29) is 11.6 Å². The Hall–Kier alpha value is -2.58. The van der Waals surface area contributed by atoms with E-state index in [0.717, 1.165) is 5.56 Å². The Bertz CT molecular complexity index is 620. The van der Waals surface area contributed by atoms with E-state index in [1.165, 1.54) is 6.20 Å². The fourth-order valence-corrected chi connectivity index (χ4v) is 1.61. The highest BCUT2D eigenvalue weighted by Crippen LogP contribution is 2.27. The minimum absolute atomic E-state index is 0.230. The van der Waals surface area contributed by atoms with Gasteiger partial charge in [-0.05, 0) is 23.8 Å². The van der Waals surface area contributed by atoms with Gasteiger partial charge in [-0.2, -0.15) is 5.26 Å². The summed E-state index contributed by atoms with van der Waals surface area (Å²) in [5.74, 6) is 0.831. The second-order valence-electron chi connectivity index (χ2n) is 3.87. The van der Waals surface area contributed by atoms with Crippen molar-refractivity contribution in [2.45, 2.75) is 6.61 Å². The van der Waals surface area contributed by atoms with Crippen molar-refractivity contribution in [1.82, 2.24) is 4.98 Å². The first-order valence-electron chi connectivity index (χ1n) is 5.65. The number of anilines is 1. The summed E-state index contributed by atoms with van der Waals surface area (Å²) in [4.78, 5) is 4.03. The van der Waals surface area contributed by atoms with Crippen molar-refractivity contribution in [2.75, 3.05) is 12.8 Å². The zero-order chi connectivity index (χ0) is 13.7. The van der Waals surface area contributed by atoms with Crippen LogP contribution in [0.3, 0.4) is 0 Å². The van der Waals surface area contributed by atoms with E-state index in [1.54, 1.807) is 19.2 Å². The van der Waals surface area contributed by atoms with Crippen molar-refractivity contribution in [1.29, 1.82) is 5.26 Å². The summed E-state index contributed by atoms with van der Waals surface area (Å²) in [6.07, 6.45) is 1.49. The Labute approximate surface area is 111 Å². The molecule has 0 saturated heterocycles. The van der Waals surface area contributed by atoms with Crippen molar-refractivity contribution >= 4 is 5.69 Å². The average Bonchev–Trinajstić information content (AvgIpc) is 2.42. The highest BCUT2D eigenvalue weighted by atomic mass is 16.5. The molecule has 19 heavy (non-hydrogen) atoms. The molecule has 0 spiro atoms. The third kappa shape index (κ3) is 3.00. The molecule has 0 amide bonds. The van der Waals surface area contributed by atoms with Gasteiger partial charge in [0, 0.05) is 13.3 Å². The number of ether oxygens (including phenoxy) is 2. The molecule has 96 valence electrons. The Kier molecular flexibility index (Phi) is 3.96. The van der Waals surface area contributed by atoms with Crippen molar-refractivity contribution < 1.29 is 9.47 Å². The number of nitrogens with zero attached hydrogens (tertiary/aromatic N) is 2. The molecule has 5 heteroatoms. The summed E-state index contributed by atoms with van der Waals surface area (Å²) >= 11 is 0. The molecule has 0 aliphatic heterocycles. The van der Waals surface area contributed by atoms with Crippen LogP contribution in [0.4, 0.5) is 5.69 Å². The first-order chi connectivity index (χ1) is 9.24. The number of aromatic nitrogens is 1. The number of nitrogens with two attached hydrogens (primary N) is 1. The van der Waals surface area contributed by atoms with Gasteiger partial charge >= 0.3 is 0 Å². The summed E-state index contributed by atoms with van der Waals surface area (Å²) in [6, 6.07) is 10.9. The normalized spacial score (nSPS) is 9.89. The third-order valence-electron chi connectivity index (χ3n) is 2.50. The van der Waals surface area contributed by atoms with E-state index in [9.17, 15) is 0 Å². The minimum atomic E-state index is 0.230. The smallest absolute Gasteiger partial charge is 0.244 e. The molecule has 0 aliphatic carbocycles. The van der Waals surface area contributed by atoms with Gasteiger partial charge < -0.3 is 15.2 Å². The summed E-state index contributed by atoms with van der Waals surface area (Å²) in [7, 11) is 1.63. The Balaban J connectivity index is 2.26. The molecule has 0 atom stereocenters. The van der Waals surface area contributed by atoms with Gasteiger partial charge in [-0.25, -0.2) is 4.98 Å². The quantitative estimate of drug-likeness (QED) is 0.907. The predicted octanol–water partition coefficient (Wildman–Crippen LogP) is 2.47. The number of hydrogen-bond donors (Lipinski definition) is 1. The molecule has 0 radical (unpaired) electrons. The number of rotatable bonds is 4. The molecule has 5 nitrogen and oxygen atoms in total. The van der Waals surface area contributed by atoms with Gasteiger partial charge in [-0.3, -0.25) is 0 Å². The topological polar surface area (TPSA) is 81.2 Å². The zero-order valence-corrected chi connectivity index (χ0v) is 10.5. The number of hydrogen-bond acceptors (Lipinski definition) is 5. The molecule has 0 bridgehead atoms. The van der Waals surface area contributed by atoms with Crippen LogP contribution in [0.5, 0.6) is 11.6 Å². The van der Waals surface area contributed by atoms with Gasteiger partial charge in [0.15, 0.2) is 0 Å². The minimum Gasteiger partial charge on any atom is -0.437 e. The highest BCUT2D eigenvalue weighted by molar-refractivity contribution is 5.60. The molecule has 0 unspecified atom stereocenters. The van der Waals surface area contributed by atoms with E-state index in [0.29, 0.717) is 17.9 Å².